The number of carboxylic acid groups (broad SMARTS) is 1. The van der Waals surface area contributed by atoms with Gasteiger partial charge < -0.3 is 14.8 Å². The van der Waals surface area contributed by atoms with Gasteiger partial charge in [0.2, 0.25) is 0 Å². The van der Waals surface area contributed by atoms with E-state index in [1.807, 2.05) is 0 Å². The summed E-state index contributed by atoms with van der Waals surface area (Å²) in [6, 6.07) is 11.1. The Morgan fingerprint density at radius 3 is 2.22 bits per heavy atom. The van der Waals surface area contributed by atoms with E-state index in [2.05, 4.69) is 0 Å². The SMILES string of the molecule is Cc1cc(C(=O)O)c(C)n1-c1ccc(-c2cccc(O)c2)cc1C(F)(F)F. The monoisotopic (exact) mass is 375 g/mol. The van der Waals surface area contributed by atoms with Crippen LogP contribution in [0.1, 0.15) is 27.3 Å². The number of alkyl halides is 3. The number of aryl methyl sites for hydroxylation is 1. The lowest BCUT2D eigenvalue weighted by Crippen LogP contribution is -2.13. The van der Waals surface area contributed by atoms with E-state index in [0.717, 1.165) is 6.07 Å². The molecule has 3 aromatic rings. The topological polar surface area (TPSA) is 62.5 Å². The summed E-state index contributed by atoms with van der Waals surface area (Å²) in [5.41, 5.74) is 0.270. The molecule has 0 spiro atoms. The molecule has 7 heteroatoms. The van der Waals surface area contributed by atoms with Gasteiger partial charge in [-0.15, -0.1) is 0 Å². The van der Waals surface area contributed by atoms with Crippen molar-refractivity contribution in [3.05, 3.63) is 71.0 Å². The Hall–Kier alpha value is -3.22. The number of nitrogens with zero attached hydrogens (tertiary/aromatic N) is 1. The molecule has 4 nitrogen and oxygen atoms in total. The van der Waals surface area contributed by atoms with Gasteiger partial charge in [-0.25, -0.2) is 4.79 Å². The van der Waals surface area contributed by atoms with E-state index in [4.69, 9.17) is 0 Å². The quantitative estimate of drug-likeness (QED) is 0.663. The highest BCUT2D eigenvalue weighted by atomic mass is 19.4. The number of hydrogen-bond donors (Lipinski definition) is 2. The minimum atomic E-state index is -4.64. The Bertz CT molecular complexity index is 1040. The van der Waals surface area contributed by atoms with Crippen LogP contribution in [0.25, 0.3) is 16.8 Å². The van der Waals surface area contributed by atoms with E-state index in [0.29, 0.717) is 16.8 Å². The van der Waals surface area contributed by atoms with E-state index in [9.17, 15) is 28.2 Å². The van der Waals surface area contributed by atoms with Crippen LogP contribution in [0.2, 0.25) is 0 Å². The molecule has 27 heavy (non-hydrogen) atoms. The lowest BCUT2D eigenvalue weighted by molar-refractivity contribution is -0.137. The number of aromatic carboxylic acids is 1. The fraction of sp³-hybridized carbons (Fsp3) is 0.150. The van der Waals surface area contributed by atoms with Gasteiger partial charge >= 0.3 is 12.1 Å². The van der Waals surface area contributed by atoms with Gasteiger partial charge in [-0.3, -0.25) is 0 Å². The maximum Gasteiger partial charge on any atom is 0.418 e. The molecule has 0 amide bonds. The van der Waals surface area contributed by atoms with Gasteiger partial charge in [0.25, 0.3) is 0 Å². The Morgan fingerprint density at radius 1 is 1.00 bits per heavy atom. The molecule has 0 saturated carbocycles. The number of phenols is 1. The molecule has 2 aromatic carbocycles. The van der Waals surface area contributed by atoms with Crippen LogP contribution in [-0.2, 0) is 6.18 Å². The fourth-order valence-corrected chi connectivity index (χ4v) is 3.17. The van der Waals surface area contributed by atoms with Gasteiger partial charge in [0.05, 0.1) is 16.8 Å². The third kappa shape index (κ3) is 3.40. The van der Waals surface area contributed by atoms with Crippen LogP contribution < -0.4 is 0 Å². The molecule has 0 bridgehead atoms. The van der Waals surface area contributed by atoms with Crippen LogP contribution >= 0.6 is 0 Å². The van der Waals surface area contributed by atoms with Crippen molar-refractivity contribution in [3.8, 4) is 22.6 Å². The molecule has 1 heterocycles. The van der Waals surface area contributed by atoms with E-state index >= 15 is 0 Å². The summed E-state index contributed by atoms with van der Waals surface area (Å²) in [5, 5.41) is 18.8. The lowest BCUT2D eigenvalue weighted by Gasteiger charge is -2.18. The van der Waals surface area contributed by atoms with Crippen molar-refractivity contribution in [3.63, 3.8) is 0 Å². The zero-order valence-corrected chi connectivity index (χ0v) is 14.5. The molecule has 140 valence electrons. The first-order valence-corrected chi connectivity index (χ1v) is 8.03. The van der Waals surface area contributed by atoms with Crippen molar-refractivity contribution in [2.45, 2.75) is 20.0 Å². The van der Waals surface area contributed by atoms with Gasteiger partial charge in [0, 0.05) is 11.4 Å². The highest BCUT2D eigenvalue weighted by Crippen LogP contribution is 2.38. The predicted molar refractivity (Wildman–Crippen MR) is 94.3 cm³/mol. The van der Waals surface area contributed by atoms with E-state index in [1.54, 1.807) is 19.1 Å². The summed E-state index contributed by atoms with van der Waals surface area (Å²) in [6.07, 6.45) is -4.64. The highest BCUT2D eigenvalue weighted by molar-refractivity contribution is 5.89. The molecule has 0 aliphatic rings. The van der Waals surface area contributed by atoms with Crippen molar-refractivity contribution < 1.29 is 28.2 Å². The van der Waals surface area contributed by atoms with Gasteiger partial charge in [0.1, 0.15) is 5.75 Å². The first-order valence-electron chi connectivity index (χ1n) is 8.03. The molecule has 0 saturated heterocycles. The van der Waals surface area contributed by atoms with Crippen LogP contribution in [0.3, 0.4) is 0 Å². The Morgan fingerprint density at radius 2 is 1.67 bits per heavy atom. The molecule has 0 fully saturated rings. The van der Waals surface area contributed by atoms with Gasteiger partial charge in [-0.1, -0.05) is 18.2 Å². The number of carbonyl (C=O) groups is 1. The summed E-state index contributed by atoms with van der Waals surface area (Å²) >= 11 is 0. The molecule has 0 radical (unpaired) electrons. The number of aromatic hydroxyl groups is 1. The molecular formula is C20H16F3NO3. The van der Waals surface area contributed by atoms with E-state index in [1.165, 1.54) is 41.8 Å². The second-order valence-electron chi connectivity index (χ2n) is 6.21. The van der Waals surface area contributed by atoms with Crippen molar-refractivity contribution >= 4 is 5.97 Å². The molecule has 0 aliphatic carbocycles. The summed E-state index contributed by atoms with van der Waals surface area (Å²) in [4.78, 5) is 11.3. The zero-order chi connectivity index (χ0) is 19.9. The molecule has 2 N–H and O–H groups in total. The van der Waals surface area contributed by atoms with Crippen LogP contribution in [0.5, 0.6) is 5.75 Å². The van der Waals surface area contributed by atoms with Crippen LogP contribution in [-0.4, -0.2) is 20.7 Å². The normalized spacial score (nSPS) is 11.6. The number of phenolic OH excluding ortho intramolecular Hbond substituents is 1. The summed E-state index contributed by atoms with van der Waals surface area (Å²) in [7, 11) is 0. The van der Waals surface area contributed by atoms with Gasteiger partial charge in [-0.2, -0.15) is 13.2 Å². The lowest BCUT2D eigenvalue weighted by atomic mass is 10.0. The maximum atomic E-state index is 13.8. The van der Waals surface area contributed by atoms with Gasteiger partial charge in [0.15, 0.2) is 0 Å². The van der Waals surface area contributed by atoms with E-state index in [-0.39, 0.29) is 22.7 Å². The van der Waals surface area contributed by atoms with Crippen molar-refractivity contribution in [2.24, 2.45) is 0 Å². The van der Waals surface area contributed by atoms with Crippen LogP contribution in [0, 0.1) is 13.8 Å². The third-order valence-electron chi connectivity index (χ3n) is 4.38. The number of benzene rings is 2. The zero-order valence-electron chi connectivity index (χ0n) is 14.5. The van der Waals surface area contributed by atoms with Crippen LogP contribution in [0.4, 0.5) is 13.2 Å². The molecule has 1 aromatic heterocycles. The minimum Gasteiger partial charge on any atom is -0.508 e. The number of rotatable bonds is 3. The minimum absolute atomic E-state index is 0.0438. The highest BCUT2D eigenvalue weighted by Gasteiger charge is 2.35. The Labute approximate surface area is 153 Å². The third-order valence-corrected chi connectivity index (χ3v) is 4.38. The van der Waals surface area contributed by atoms with Crippen molar-refractivity contribution in [2.75, 3.05) is 0 Å². The Balaban J connectivity index is 2.25. The molecule has 0 unspecified atom stereocenters. The molecular weight excluding hydrogens is 359 g/mol. The maximum absolute atomic E-state index is 13.8. The summed E-state index contributed by atoms with van der Waals surface area (Å²) in [6.45, 7) is 3.03. The first kappa shape index (κ1) is 18.6. The standard InChI is InChI=1S/C20H16F3NO3/c1-11-8-16(19(26)27)12(2)24(11)18-7-6-14(10-17(18)20(21,22)23)13-4-3-5-15(25)9-13/h3-10,25H,1-2H3,(H,26,27). The fourth-order valence-electron chi connectivity index (χ4n) is 3.17. The first-order chi connectivity index (χ1) is 12.6. The van der Waals surface area contributed by atoms with Crippen LogP contribution in [0.15, 0.2) is 48.5 Å². The number of halogens is 3. The number of hydrogen-bond acceptors (Lipinski definition) is 2. The molecule has 0 aliphatic heterocycles. The predicted octanol–water partition coefficient (Wildman–Crippen LogP) is 5.18. The average molecular weight is 375 g/mol. The summed E-state index contributed by atoms with van der Waals surface area (Å²) < 4.78 is 42.6. The van der Waals surface area contributed by atoms with E-state index < -0.39 is 17.7 Å². The molecule has 3 rings (SSSR count). The smallest absolute Gasteiger partial charge is 0.418 e. The molecule has 0 atom stereocenters. The van der Waals surface area contributed by atoms with Crippen molar-refractivity contribution in [1.29, 1.82) is 0 Å². The number of carboxylic acids is 1. The number of aromatic nitrogens is 1. The summed E-state index contributed by atoms with van der Waals surface area (Å²) in [5.74, 6) is -1.24. The Kier molecular flexibility index (Phi) is 4.47. The average Bonchev–Trinajstić information content (AvgIpc) is 2.88. The van der Waals surface area contributed by atoms with Crippen molar-refractivity contribution in [1.82, 2.24) is 4.57 Å². The largest absolute Gasteiger partial charge is 0.508 e. The second kappa shape index (κ2) is 6.50. The second-order valence-corrected chi connectivity index (χ2v) is 6.21. The van der Waals surface area contributed by atoms with Gasteiger partial charge in [-0.05, 0) is 55.3 Å².